The van der Waals surface area contributed by atoms with Crippen LogP contribution in [0.15, 0.2) is 41.3 Å². The molecule has 0 aliphatic heterocycles. The summed E-state index contributed by atoms with van der Waals surface area (Å²) in [5, 5.41) is 2.86. The smallest absolute Gasteiger partial charge is 0.407 e. The first-order valence-corrected chi connectivity index (χ1v) is 11.3. The lowest BCUT2D eigenvalue weighted by Gasteiger charge is -2.19. The summed E-state index contributed by atoms with van der Waals surface area (Å²) in [7, 11) is 3.70. The normalized spacial score (nSPS) is 11.5. The van der Waals surface area contributed by atoms with Gasteiger partial charge in [0.25, 0.3) is 0 Å². The van der Waals surface area contributed by atoms with E-state index < -0.39 is 11.7 Å². The largest absolute Gasteiger partial charge is 0.497 e. The third-order valence-electron chi connectivity index (χ3n) is 4.87. The minimum absolute atomic E-state index is 0.394. The fourth-order valence-corrected chi connectivity index (χ4v) is 4.26. The third kappa shape index (κ3) is 6.17. The van der Waals surface area contributed by atoms with Gasteiger partial charge in [0.05, 0.1) is 18.1 Å². The highest BCUT2D eigenvalue weighted by atomic mass is 32.2. The molecule has 3 aromatic rings. The van der Waals surface area contributed by atoms with Crippen LogP contribution in [0.2, 0.25) is 0 Å². The highest BCUT2D eigenvalue weighted by molar-refractivity contribution is 7.98. The van der Waals surface area contributed by atoms with E-state index in [1.54, 1.807) is 18.9 Å². The lowest BCUT2D eigenvalue weighted by Crippen LogP contribution is -2.33. The van der Waals surface area contributed by atoms with Gasteiger partial charge in [-0.05, 0) is 69.5 Å². The monoisotopic (exact) mass is 441 g/mol. The molecule has 3 rings (SSSR count). The number of hydrogen-bond acceptors (Lipinski definition) is 5. The molecule has 0 saturated heterocycles. The van der Waals surface area contributed by atoms with Gasteiger partial charge in [-0.1, -0.05) is 12.1 Å². The standard InChI is InChI=1S/C24H31N3O3S/c1-16-26-21-14-20(31-15-17-7-9-19(29-6)10-8-17)13-18(22(21)27(16)5)11-12-25-23(28)30-24(2,3)4/h7-10,13-14H,11-12,15H2,1-6H3,(H,25,28). The quantitative estimate of drug-likeness (QED) is 0.507. The Morgan fingerprint density at radius 2 is 1.90 bits per heavy atom. The van der Waals surface area contributed by atoms with E-state index in [1.807, 2.05) is 46.9 Å². The van der Waals surface area contributed by atoms with E-state index >= 15 is 0 Å². The molecule has 0 aliphatic rings. The number of nitrogens with zero attached hydrogens (tertiary/aromatic N) is 2. The van der Waals surface area contributed by atoms with Crippen molar-refractivity contribution in [3.63, 3.8) is 0 Å². The fourth-order valence-electron chi connectivity index (χ4n) is 3.31. The summed E-state index contributed by atoms with van der Waals surface area (Å²) in [6, 6.07) is 12.5. The summed E-state index contributed by atoms with van der Waals surface area (Å²) in [4.78, 5) is 17.9. The predicted octanol–water partition coefficient (Wildman–Crippen LogP) is 5.25. The molecular formula is C24H31N3O3S. The van der Waals surface area contributed by atoms with Crippen LogP contribution < -0.4 is 10.1 Å². The zero-order valence-corrected chi connectivity index (χ0v) is 19.9. The van der Waals surface area contributed by atoms with Crippen LogP contribution >= 0.6 is 11.8 Å². The number of aromatic nitrogens is 2. The van der Waals surface area contributed by atoms with Gasteiger partial charge in [0.1, 0.15) is 17.2 Å². The summed E-state index contributed by atoms with van der Waals surface area (Å²) in [5.74, 6) is 2.68. The summed E-state index contributed by atoms with van der Waals surface area (Å²) in [5.41, 5.74) is 3.98. The number of imidazole rings is 1. The number of rotatable bonds is 7. The molecule has 0 spiro atoms. The Kier molecular flexibility index (Phi) is 7.15. The Bertz CT molecular complexity index is 1050. The molecule has 1 N–H and O–H groups in total. The van der Waals surface area contributed by atoms with E-state index in [9.17, 15) is 4.79 Å². The van der Waals surface area contributed by atoms with E-state index in [-0.39, 0.29) is 0 Å². The molecule has 0 saturated carbocycles. The maximum Gasteiger partial charge on any atom is 0.407 e. The number of carbonyl (C=O) groups excluding carboxylic acids is 1. The van der Waals surface area contributed by atoms with Gasteiger partial charge in [0.15, 0.2) is 0 Å². The molecular weight excluding hydrogens is 410 g/mol. The van der Waals surface area contributed by atoms with Gasteiger partial charge in [0, 0.05) is 24.2 Å². The zero-order valence-electron chi connectivity index (χ0n) is 19.1. The number of hydrogen-bond donors (Lipinski definition) is 1. The van der Waals surface area contributed by atoms with Crippen LogP contribution in [-0.4, -0.2) is 34.9 Å². The number of aryl methyl sites for hydroxylation is 2. The van der Waals surface area contributed by atoms with Crippen molar-refractivity contribution in [3.8, 4) is 5.75 Å². The summed E-state index contributed by atoms with van der Waals surface area (Å²) >= 11 is 1.78. The van der Waals surface area contributed by atoms with Crippen molar-refractivity contribution in [2.24, 2.45) is 7.05 Å². The van der Waals surface area contributed by atoms with Gasteiger partial charge in [-0.15, -0.1) is 11.8 Å². The van der Waals surface area contributed by atoms with Crippen LogP contribution in [0.3, 0.4) is 0 Å². The fraction of sp³-hybridized carbons (Fsp3) is 0.417. The summed E-state index contributed by atoms with van der Waals surface area (Å²) < 4.78 is 12.7. The van der Waals surface area contributed by atoms with E-state index in [2.05, 4.69) is 34.1 Å². The van der Waals surface area contributed by atoms with Crippen LogP contribution in [0, 0.1) is 6.92 Å². The van der Waals surface area contributed by atoms with Gasteiger partial charge in [-0.3, -0.25) is 0 Å². The summed E-state index contributed by atoms with van der Waals surface area (Å²) in [6.07, 6.45) is 0.307. The molecule has 31 heavy (non-hydrogen) atoms. The molecule has 0 atom stereocenters. The number of alkyl carbamates (subject to hydrolysis) is 1. The highest BCUT2D eigenvalue weighted by Crippen LogP contribution is 2.30. The number of amides is 1. The molecule has 1 aromatic heterocycles. The zero-order chi connectivity index (χ0) is 22.6. The highest BCUT2D eigenvalue weighted by Gasteiger charge is 2.16. The maximum absolute atomic E-state index is 12.0. The first kappa shape index (κ1) is 23.0. The van der Waals surface area contributed by atoms with Gasteiger partial charge in [-0.25, -0.2) is 9.78 Å². The van der Waals surface area contributed by atoms with Gasteiger partial charge in [-0.2, -0.15) is 0 Å². The Hall–Kier alpha value is -2.67. The van der Waals surface area contributed by atoms with Crippen LogP contribution in [0.1, 0.15) is 37.7 Å². The van der Waals surface area contributed by atoms with Crippen molar-refractivity contribution in [2.45, 2.75) is 50.4 Å². The van der Waals surface area contributed by atoms with Crippen molar-refractivity contribution in [3.05, 3.63) is 53.3 Å². The first-order valence-electron chi connectivity index (χ1n) is 10.3. The van der Waals surface area contributed by atoms with Gasteiger partial charge in [0.2, 0.25) is 0 Å². The molecule has 7 heteroatoms. The molecule has 1 amide bonds. The number of thioether (sulfide) groups is 1. The lowest BCUT2D eigenvalue weighted by molar-refractivity contribution is 0.0528. The molecule has 0 unspecified atom stereocenters. The second-order valence-corrected chi connectivity index (χ2v) is 9.53. The van der Waals surface area contributed by atoms with Gasteiger partial charge < -0.3 is 19.4 Å². The van der Waals surface area contributed by atoms with Crippen molar-refractivity contribution < 1.29 is 14.3 Å². The van der Waals surface area contributed by atoms with Crippen LogP contribution in [-0.2, 0) is 24.0 Å². The number of benzene rings is 2. The second-order valence-electron chi connectivity index (χ2n) is 8.48. The number of methoxy groups -OCH3 is 1. The Balaban J connectivity index is 1.74. The summed E-state index contributed by atoms with van der Waals surface area (Å²) in [6.45, 7) is 8.09. The average Bonchev–Trinajstić information content (AvgIpc) is 2.99. The molecule has 0 aliphatic carbocycles. The van der Waals surface area contributed by atoms with Crippen molar-refractivity contribution in [1.82, 2.24) is 14.9 Å². The molecule has 2 aromatic carbocycles. The van der Waals surface area contributed by atoms with E-state index in [4.69, 9.17) is 14.5 Å². The molecule has 0 radical (unpaired) electrons. The Morgan fingerprint density at radius 1 is 1.19 bits per heavy atom. The molecule has 0 fully saturated rings. The number of carbonyl (C=O) groups is 1. The molecule has 1 heterocycles. The molecule has 6 nitrogen and oxygen atoms in total. The molecule has 166 valence electrons. The minimum Gasteiger partial charge on any atom is -0.497 e. The third-order valence-corrected chi connectivity index (χ3v) is 5.92. The topological polar surface area (TPSA) is 65.4 Å². The number of nitrogens with one attached hydrogen (secondary N) is 1. The minimum atomic E-state index is -0.505. The van der Waals surface area contributed by atoms with Crippen LogP contribution in [0.25, 0.3) is 11.0 Å². The Morgan fingerprint density at radius 3 is 2.55 bits per heavy atom. The van der Waals surface area contributed by atoms with E-state index in [0.29, 0.717) is 13.0 Å². The second kappa shape index (κ2) is 9.64. The van der Waals surface area contributed by atoms with Gasteiger partial charge >= 0.3 is 6.09 Å². The molecule has 0 bridgehead atoms. The van der Waals surface area contributed by atoms with E-state index in [0.717, 1.165) is 38.8 Å². The maximum atomic E-state index is 12.0. The van der Waals surface area contributed by atoms with Crippen LogP contribution in [0.4, 0.5) is 4.79 Å². The van der Waals surface area contributed by atoms with Crippen molar-refractivity contribution >= 4 is 28.9 Å². The van der Waals surface area contributed by atoms with E-state index in [1.165, 1.54) is 5.56 Å². The first-order chi connectivity index (χ1) is 14.7. The average molecular weight is 442 g/mol. The lowest BCUT2D eigenvalue weighted by atomic mass is 10.1. The number of fused-ring (bicyclic) bond motifs is 1. The SMILES string of the molecule is COc1ccc(CSc2cc(CCNC(=O)OC(C)(C)C)c3c(c2)nc(C)n3C)cc1. The predicted molar refractivity (Wildman–Crippen MR) is 126 cm³/mol. The van der Waals surface area contributed by atoms with Crippen molar-refractivity contribution in [1.29, 1.82) is 0 Å². The Labute approximate surface area is 188 Å². The number of ether oxygens (including phenoxy) is 2. The van der Waals surface area contributed by atoms with Crippen molar-refractivity contribution in [2.75, 3.05) is 13.7 Å². The van der Waals surface area contributed by atoms with Crippen LogP contribution in [0.5, 0.6) is 5.75 Å².